The highest BCUT2D eigenvalue weighted by Gasteiger charge is 2.21. The van der Waals surface area contributed by atoms with E-state index in [4.69, 9.17) is 23.2 Å². The molecule has 0 bridgehead atoms. The molecular formula is C23H22Cl2N2O3S. The lowest BCUT2D eigenvalue weighted by Crippen LogP contribution is -2.29. The van der Waals surface area contributed by atoms with Crippen LogP contribution in [0.1, 0.15) is 27.0 Å². The van der Waals surface area contributed by atoms with E-state index in [1.54, 1.807) is 42.5 Å². The summed E-state index contributed by atoms with van der Waals surface area (Å²) in [5.74, 6) is -0.238. The van der Waals surface area contributed by atoms with Crippen LogP contribution in [0, 0.1) is 13.8 Å². The maximum absolute atomic E-state index is 12.6. The number of anilines is 2. The lowest BCUT2D eigenvalue weighted by Gasteiger charge is -2.24. The zero-order chi connectivity index (χ0) is 22.8. The molecule has 3 aromatic rings. The van der Waals surface area contributed by atoms with Gasteiger partial charge in [0.2, 0.25) is 10.0 Å². The third kappa shape index (κ3) is 5.58. The molecule has 8 heteroatoms. The van der Waals surface area contributed by atoms with Gasteiger partial charge in [0, 0.05) is 11.3 Å². The highest BCUT2D eigenvalue weighted by Crippen LogP contribution is 2.34. The van der Waals surface area contributed by atoms with Gasteiger partial charge in [-0.1, -0.05) is 53.5 Å². The van der Waals surface area contributed by atoms with E-state index in [1.807, 2.05) is 32.0 Å². The highest BCUT2D eigenvalue weighted by molar-refractivity contribution is 7.92. The second-order valence-electron chi connectivity index (χ2n) is 7.31. The molecule has 31 heavy (non-hydrogen) atoms. The molecule has 0 saturated carbocycles. The molecule has 0 radical (unpaired) electrons. The maximum Gasteiger partial charge on any atom is 0.255 e. The van der Waals surface area contributed by atoms with Crippen LogP contribution < -0.4 is 9.62 Å². The standard InChI is InChI=1S/C23H22Cl2N2O3S/c1-15-7-8-16(2)20(13-15)26-23(28)18-11-9-17(10-12-18)14-27(31(3,29)30)21-6-4-5-19(24)22(21)25/h4-13H,14H2,1-3H3,(H,26,28). The Hall–Kier alpha value is -2.54. The van der Waals surface area contributed by atoms with Crippen LogP contribution in [0.25, 0.3) is 0 Å². The fraction of sp³-hybridized carbons (Fsp3) is 0.174. The summed E-state index contributed by atoms with van der Waals surface area (Å²) in [6, 6.07) is 17.4. The van der Waals surface area contributed by atoms with Crippen LogP contribution >= 0.6 is 23.2 Å². The monoisotopic (exact) mass is 476 g/mol. The van der Waals surface area contributed by atoms with Gasteiger partial charge in [-0.25, -0.2) is 8.42 Å². The van der Waals surface area contributed by atoms with Gasteiger partial charge in [0.25, 0.3) is 5.91 Å². The molecular weight excluding hydrogens is 455 g/mol. The van der Waals surface area contributed by atoms with Crippen LogP contribution in [-0.2, 0) is 16.6 Å². The van der Waals surface area contributed by atoms with E-state index in [0.717, 1.165) is 23.1 Å². The normalized spacial score (nSPS) is 11.3. The van der Waals surface area contributed by atoms with E-state index >= 15 is 0 Å². The second kappa shape index (κ2) is 9.30. The Morgan fingerprint density at radius 1 is 1.00 bits per heavy atom. The van der Waals surface area contributed by atoms with E-state index in [0.29, 0.717) is 16.8 Å². The molecule has 162 valence electrons. The lowest BCUT2D eigenvalue weighted by atomic mass is 10.1. The number of nitrogens with zero attached hydrogens (tertiary/aromatic N) is 1. The maximum atomic E-state index is 12.6. The molecule has 0 atom stereocenters. The molecule has 3 aromatic carbocycles. The SMILES string of the molecule is Cc1ccc(C)c(NC(=O)c2ccc(CN(c3cccc(Cl)c3Cl)S(C)(=O)=O)cc2)c1. The largest absolute Gasteiger partial charge is 0.322 e. The fourth-order valence-corrected chi connectivity index (χ4v) is 4.40. The zero-order valence-corrected chi connectivity index (χ0v) is 19.6. The van der Waals surface area contributed by atoms with Crippen molar-refractivity contribution in [1.82, 2.24) is 0 Å². The van der Waals surface area contributed by atoms with Crippen molar-refractivity contribution in [3.05, 3.63) is 93.0 Å². The number of benzene rings is 3. The number of rotatable bonds is 6. The van der Waals surface area contributed by atoms with Crippen LogP contribution in [0.2, 0.25) is 10.0 Å². The molecule has 5 nitrogen and oxygen atoms in total. The minimum atomic E-state index is -3.62. The molecule has 0 aliphatic heterocycles. The number of nitrogens with one attached hydrogen (secondary N) is 1. The Labute approximate surface area is 192 Å². The predicted octanol–water partition coefficient (Wildman–Crippen LogP) is 5.83. The first kappa shape index (κ1) is 23.1. The average molecular weight is 477 g/mol. The number of halogens is 2. The molecule has 0 fully saturated rings. The summed E-state index contributed by atoms with van der Waals surface area (Å²) < 4.78 is 26.0. The van der Waals surface area contributed by atoms with E-state index in [9.17, 15) is 13.2 Å². The van der Waals surface area contributed by atoms with Gasteiger partial charge in [-0.15, -0.1) is 0 Å². The van der Waals surface area contributed by atoms with Crippen molar-refractivity contribution in [2.45, 2.75) is 20.4 Å². The average Bonchev–Trinajstić information content (AvgIpc) is 2.71. The highest BCUT2D eigenvalue weighted by atomic mass is 35.5. The molecule has 1 N–H and O–H groups in total. The third-order valence-electron chi connectivity index (χ3n) is 4.78. The van der Waals surface area contributed by atoms with Crippen molar-refractivity contribution in [3.8, 4) is 0 Å². The number of hydrogen-bond donors (Lipinski definition) is 1. The summed E-state index contributed by atoms with van der Waals surface area (Å²) in [6.45, 7) is 3.94. The van der Waals surface area contributed by atoms with Gasteiger partial charge >= 0.3 is 0 Å². The summed E-state index contributed by atoms with van der Waals surface area (Å²) in [7, 11) is -3.62. The molecule has 0 aromatic heterocycles. The minimum absolute atomic E-state index is 0.0534. The summed E-state index contributed by atoms with van der Waals surface area (Å²) >= 11 is 12.3. The van der Waals surface area contributed by atoms with Gasteiger partial charge in [-0.2, -0.15) is 0 Å². The predicted molar refractivity (Wildman–Crippen MR) is 128 cm³/mol. The van der Waals surface area contributed by atoms with Crippen molar-refractivity contribution in [2.24, 2.45) is 0 Å². The molecule has 0 spiro atoms. The third-order valence-corrected chi connectivity index (χ3v) is 6.72. The molecule has 0 aliphatic rings. The van der Waals surface area contributed by atoms with Gasteiger partial charge < -0.3 is 5.32 Å². The molecule has 0 saturated heterocycles. The number of sulfonamides is 1. The number of carbonyl (C=O) groups excluding carboxylic acids is 1. The quantitative estimate of drug-likeness (QED) is 0.486. The number of hydrogen-bond acceptors (Lipinski definition) is 3. The van der Waals surface area contributed by atoms with Crippen molar-refractivity contribution < 1.29 is 13.2 Å². The lowest BCUT2D eigenvalue weighted by molar-refractivity contribution is 0.102. The van der Waals surface area contributed by atoms with Gasteiger partial charge in [0.15, 0.2) is 0 Å². The van der Waals surface area contributed by atoms with Crippen LogP contribution in [0.5, 0.6) is 0 Å². The van der Waals surface area contributed by atoms with Crippen LogP contribution in [0.4, 0.5) is 11.4 Å². The van der Waals surface area contributed by atoms with Crippen molar-refractivity contribution in [3.63, 3.8) is 0 Å². The first-order chi connectivity index (χ1) is 14.6. The first-order valence-electron chi connectivity index (χ1n) is 9.45. The molecule has 0 heterocycles. The summed E-state index contributed by atoms with van der Waals surface area (Å²) in [6.07, 6.45) is 1.11. The number of carbonyl (C=O) groups is 1. The topological polar surface area (TPSA) is 66.5 Å². The molecule has 0 unspecified atom stereocenters. The Morgan fingerprint density at radius 3 is 2.32 bits per heavy atom. The van der Waals surface area contributed by atoms with Gasteiger partial charge in [0.05, 0.1) is 28.5 Å². The Bertz CT molecular complexity index is 1230. The zero-order valence-electron chi connectivity index (χ0n) is 17.3. The first-order valence-corrected chi connectivity index (χ1v) is 12.1. The van der Waals surface area contributed by atoms with E-state index < -0.39 is 10.0 Å². The van der Waals surface area contributed by atoms with Crippen LogP contribution in [-0.4, -0.2) is 20.6 Å². The van der Waals surface area contributed by atoms with Gasteiger partial charge in [-0.05, 0) is 60.9 Å². The van der Waals surface area contributed by atoms with Crippen molar-refractivity contribution >= 4 is 50.5 Å². The number of aryl methyl sites for hydroxylation is 2. The van der Waals surface area contributed by atoms with Gasteiger partial charge in [-0.3, -0.25) is 9.10 Å². The van der Waals surface area contributed by atoms with E-state index in [-0.39, 0.29) is 22.5 Å². The van der Waals surface area contributed by atoms with Gasteiger partial charge in [0.1, 0.15) is 0 Å². The minimum Gasteiger partial charge on any atom is -0.322 e. The molecule has 0 aliphatic carbocycles. The fourth-order valence-electron chi connectivity index (χ4n) is 3.06. The summed E-state index contributed by atoms with van der Waals surface area (Å²) in [5.41, 5.74) is 4.25. The summed E-state index contributed by atoms with van der Waals surface area (Å²) in [5, 5.41) is 3.35. The molecule has 1 amide bonds. The number of amides is 1. The summed E-state index contributed by atoms with van der Waals surface area (Å²) in [4.78, 5) is 12.6. The van der Waals surface area contributed by atoms with Crippen molar-refractivity contribution in [2.75, 3.05) is 15.9 Å². The van der Waals surface area contributed by atoms with Crippen LogP contribution in [0.15, 0.2) is 60.7 Å². The Balaban J connectivity index is 1.82. The Morgan fingerprint density at radius 2 is 1.68 bits per heavy atom. The van der Waals surface area contributed by atoms with Crippen LogP contribution in [0.3, 0.4) is 0 Å². The Kier molecular flexibility index (Phi) is 6.94. The molecule has 3 rings (SSSR count). The smallest absolute Gasteiger partial charge is 0.255 e. The van der Waals surface area contributed by atoms with E-state index in [1.165, 1.54) is 4.31 Å². The second-order valence-corrected chi connectivity index (χ2v) is 10.0. The van der Waals surface area contributed by atoms with Crippen molar-refractivity contribution in [1.29, 1.82) is 0 Å². The van der Waals surface area contributed by atoms with E-state index in [2.05, 4.69) is 5.32 Å².